The van der Waals surface area contributed by atoms with Gasteiger partial charge in [0, 0.05) is 29.7 Å². The summed E-state index contributed by atoms with van der Waals surface area (Å²) in [6.07, 6.45) is 2.90. The van der Waals surface area contributed by atoms with Crippen LogP contribution in [-0.4, -0.2) is 54.3 Å². The molecule has 37 heavy (non-hydrogen) atoms. The molecule has 0 aliphatic carbocycles. The molecule has 9 heteroatoms. The van der Waals surface area contributed by atoms with E-state index in [0.29, 0.717) is 15.7 Å². The van der Waals surface area contributed by atoms with E-state index in [-0.39, 0.29) is 17.6 Å². The van der Waals surface area contributed by atoms with E-state index < -0.39 is 5.91 Å². The molecule has 3 N–H and O–H groups in total. The van der Waals surface area contributed by atoms with Gasteiger partial charge in [0.15, 0.2) is 0 Å². The molecule has 8 nitrogen and oxygen atoms in total. The maximum absolute atomic E-state index is 12.9. The zero-order valence-electron chi connectivity index (χ0n) is 20.5. The number of amides is 2. The lowest BCUT2D eigenvalue weighted by atomic mass is 10.1. The van der Waals surface area contributed by atoms with Gasteiger partial charge < -0.3 is 15.2 Å². The third-order valence-electron chi connectivity index (χ3n) is 6.15. The fourth-order valence-electron chi connectivity index (χ4n) is 4.02. The predicted molar refractivity (Wildman–Crippen MR) is 147 cm³/mol. The molecule has 0 saturated carbocycles. The van der Waals surface area contributed by atoms with Gasteiger partial charge in [-0.1, -0.05) is 28.1 Å². The van der Waals surface area contributed by atoms with E-state index in [9.17, 15) is 14.7 Å². The van der Waals surface area contributed by atoms with Gasteiger partial charge in [0.05, 0.1) is 30.7 Å². The molecule has 2 amide bonds. The van der Waals surface area contributed by atoms with Gasteiger partial charge in [-0.2, -0.15) is 5.10 Å². The van der Waals surface area contributed by atoms with Crippen LogP contribution in [0.4, 0.5) is 5.69 Å². The molecule has 1 aliphatic rings. The van der Waals surface area contributed by atoms with Crippen LogP contribution in [0.15, 0.2) is 76.3 Å². The number of hydrogen-bond donors (Lipinski definition) is 3. The Morgan fingerprint density at radius 3 is 2.43 bits per heavy atom. The second kappa shape index (κ2) is 12.6. The number of ether oxygens (including phenoxy) is 1. The van der Waals surface area contributed by atoms with Crippen LogP contribution in [0.3, 0.4) is 0 Å². The number of rotatable bonds is 8. The molecular formula is C28H29BrN4O4. The summed E-state index contributed by atoms with van der Waals surface area (Å²) in [5.41, 5.74) is 5.56. The zero-order chi connectivity index (χ0) is 26.2. The molecular weight excluding hydrogens is 536 g/mol. The van der Waals surface area contributed by atoms with Crippen molar-refractivity contribution in [2.45, 2.75) is 25.5 Å². The number of likely N-dealkylation sites (tertiary alicyclic amines) is 1. The Bertz CT molecular complexity index is 1250. The first kappa shape index (κ1) is 26.5. The van der Waals surface area contributed by atoms with Gasteiger partial charge in [-0.15, -0.1) is 0 Å². The average Bonchev–Trinajstić information content (AvgIpc) is 2.91. The minimum absolute atomic E-state index is 0.201. The third kappa shape index (κ3) is 7.48. The minimum Gasteiger partial charge on any atom is -0.497 e. The molecule has 0 atom stereocenters. The minimum atomic E-state index is -0.455. The summed E-state index contributed by atoms with van der Waals surface area (Å²) in [6.45, 7) is 2.51. The van der Waals surface area contributed by atoms with E-state index in [2.05, 4.69) is 36.7 Å². The second-order valence-corrected chi connectivity index (χ2v) is 9.74. The van der Waals surface area contributed by atoms with Gasteiger partial charge in [-0.05, 0) is 78.6 Å². The number of aliphatic hydroxyl groups excluding tert-OH is 1. The molecule has 1 fully saturated rings. The third-order valence-corrected chi connectivity index (χ3v) is 6.64. The molecule has 3 aromatic carbocycles. The standard InChI is InChI=1S/C28H29BrN4O4/c1-37-24-9-4-19(5-10-24)17-30-32-28(36)25-16-22(29)8-11-26(25)31-27(35)21-6-2-20(3-7-21)18-33-14-12-23(34)13-15-33/h2-11,16-17,23,34H,12-15,18H2,1H3,(H,31,35)(H,32,36)/b30-17+. The summed E-state index contributed by atoms with van der Waals surface area (Å²) in [7, 11) is 1.59. The monoisotopic (exact) mass is 564 g/mol. The number of nitrogens with one attached hydrogen (secondary N) is 2. The van der Waals surface area contributed by atoms with E-state index >= 15 is 0 Å². The first-order valence-corrected chi connectivity index (χ1v) is 12.8. The topological polar surface area (TPSA) is 103 Å². The normalized spacial score (nSPS) is 14.5. The van der Waals surface area contributed by atoms with Gasteiger partial charge in [-0.3, -0.25) is 14.5 Å². The quantitative estimate of drug-likeness (QED) is 0.277. The van der Waals surface area contributed by atoms with Crippen molar-refractivity contribution in [2.24, 2.45) is 5.10 Å². The predicted octanol–water partition coefficient (Wildman–Crippen LogP) is 4.43. The van der Waals surface area contributed by atoms with Crippen molar-refractivity contribution in [3.05, 3.63) is 93.5 Å². The Morgan fingerprint density at radius 1 is 1.05 bits per heavy atom. The Kier molecular flexibility index (Phi) is 9.05. The van der Waals surface area contributed by atoms with Gasteiger partial charge in [0.2, 0.25) is 0 Å². The average molecular weight is 565 g/mol. The number of benzene rings is 3. The van der Waals surface area contributed by atoms with E-state index in [1.165, 1.54) is 6.21 Å². The number of anilines is 1. The Balaban J connectivity index is 1.38. The lowest BCUT2D eigenvalue weighted by molar-refractivity contribution is 0.0792. The molecule has 0 radical (unpaired) electrons. The lowest BCUT2D eigenvalue weighted by Crippen LogP contribution is -2.35. The van der Waals surface area contributed by atoms with Crippen LogP contribution in [0, 0.1) is 0 Å². The fraction of sp³-hybridized carbons (Fsp3) is 0.250. The van der Waals surface area contributed by atoms with Crippen LogP contribution in [0.25, 0.3) is 0 Å². The number of hydrazone groups is 1. The largest absolute Gasteiger partial charge is 0.497 e. The number of piperidine rings is 1. The van der Waals surface area contributed by atoms with Crippen molar-refractivity contribution in [3.63, 3.8) is 0 Å². The van der Waals surface area contributed by atoms with E-state index in [4.69, 9.17) is 4.74 Å². The maximum Gasteiger partial charge on any atom is 0.273 e. The maximum atomic E-state index is 12.9. The first-order valence-electron chi connectivity index (χ1n) is 12.0. The number of nitrogens with zero attached hydrogens (tertiary/aromatic N) is 2. The highest BCUT2D eigenvalue weighted by Crippen LogP contribution is 2.22. The smallest absolute Gasteiger partial charge is 0.273 e. The molecule has 192 valence electrons. The summed E-state index contributed by atoms with van der Waals surface area (Å²) in [4.78, 5) is 28.1. The molecule has 0 spiro atoms. The van der Waals surface area contributed by atoms with Crippen LogP contribution in [0.2, 0.25) is 0 Å². The molecule has 1 heterocycles. The molecule has 1 aliphatic heterocycles. The Hall–Kier alpha value is -3.53. The zero-order valence-corrected chi connectivity index (χ0v) is 22.1. The highest BCUT2D eigenvalue weighted by atomic mass is 79.9. The van der Waals surface area contributed by atoms with Gasteiger partial charge in [0.25, 0.3) is 11.8 Å². The molecule has 3 aromatic rings. The van der Waals surface area contributed by atoms with Crippen LogP contribution in [0.1, 0.15) is 44.7 Å². The number of hydrogen-bond acceptors (Lipinski definition) is 6. The summed E-state index contributed by atoms with van der Waals surface area (Å²) in [5.74, 6) is -0.0396. The van der Waals surface area contributed by atoms with Crippen molar-refractivity contribution < 1.29 is 19.4 Å². The van der Waals surface area contributed by atoms with Crippen molar-refractivity contribution in [3.8, 4) is 5.75 Å². The number of aliphatic hydroxyl groups is 1. The molecule has 4 rings (SSSR count). The van der Waals surface area contributed by atoms with Crippen molar-refractivity contribution in [1.82, 2.24) is 10.3 Å². The van der Waals surface area contributed by atoms with Crippen LogP contribution in [0.5, 0.6) is 5.75 Å². The second-order valence-electron chi connectivity index (χ2n) is 8.82. The van der Waals surface area contributed by atoms with Crippen molar-refractivity contribution in [1.29, 1.82) is 0 Å². The van der Waals surface area contributed by atoms with Crippen LogP contribution >= 0.6 is 15.9 Å². The summed E-state index contributed by atoms with van der Waals surface area (Å²) in [6, 6.07) is 19.7. The van der Waals surface area contributed by atoms with Crippen LogP contribution in [-0.2, 0) is 6.54 Å². The molecule has 1 saturated heterocycles. The SMILES string of the molecule is COc1ccc(/C=N/NC(=O)c2cc(Br)ccc2NC(=O)c2ccc(CN3CCC(O)CC3)cc2)cc1. The number of methoxy groups -OCH3 is 1. The van der Waals surface area contributed by atoms with E-state index in [1.807, 2.05) is 24.3 Å². The van der Waals surface area contributed by atoms with E-state index in [1.54, 1.807) is 49.6 Å². The summed E-state index contributed by atoms with van der Waals surface area (Å²) < 4.78 is 5.83. The number of carbonyl (C=O) groups excluding carboxylic acids is 2. The fourth-order valence-corrected chi connectivity index (χ4v) is 4.38. The van der Waals surface area contributed by atoms with Gasteiger partial charge in [0.1, 0.15) is 5.75 Å². The molecule has 0 unspecified atom stereocenters. The summed E-state index contributed by atoms with van der Waals surface area (Å²) >= 11 is 3.39. The van der Waals surface area contributed by atoms with Crippen LogP contribution < -0.4 is 15.5 Å². The van der Waals surface area contributed by atoms with Gasteiger partial charge in [-0.25, -0.2) is 5.43 Å². The number of carbonyl (C=O) groups is 2. The highest BCUT2D eigenvalue weighted by Gasteiger charge is 2.18. The first-order chi connectivity index (χ1) is 17.9. The van der Waals surface area contributed by atoms with Crippen molar-refractivity contribution >= 4 is 39.6 Å². The number of halogens is 1. The highest BCUT2D eigenvalue weighted by molar-refractivity contribution is 9.10. The molecule has 0 aromatic heterocycles. The Labute approximate surface area is 224 Å². The summed E-state index contributed by atoms with van der Waals surface area (Å²) in [5, 5.41) is 16.5. The van der Waals surface area contributed by atoms with Crippen molar-refractivity contribution in [2.75, 3.05) is 25.5 Å². The van der Waals surface area contributed by atoms with E-state index in [0.717, 1.165) is 49.4 Å². The Morgan fingerprint density at radius 2 is 1.76 bits per heavy atom. The lowest BCUT2D eigenvalue weighted by Gasteiger charge is -2.29. The molecule has 0 bridgehead atoms. The van der Waals surface area contributed by atoms with Gasteiger partial charge >= 0.3 is 0 Å².